The molecule has 0 aliphatic rings. The average molecular weight is 469 g/mol. The second-order valence-electron chi connectivity index (χ2n) is 7.18. The van der Waals surface area contributed by atoms with E-state index in [9.17, 15) is 9.18 Å². The maximum Gasteiger partial charge on any atom is 0.264 e. The maximum absolute atomic E-state index is 14.2. The van der Waals surface area contributed by atoms with Crippen LogP contribution in [0.4, 0.5) is 10.2 Å². The third kappa shape index (κ3) is 3.28. The van der Waals surface area contributed by atoms with E-state index in [1.807, 2.05) is 6.92 Å². The Morgan fingerprint density at radius 3 is 2.75 bits per heavy atom. The molecule has 0 fully saturated rings. The number of imidazole rings is 1. The van der Waals surface area contributed by atoms with Crippen molar-refractivity contribution >= 4 is 51.0 Å². The Labute approximate surface area is 190 Å². The molecule has 2 N–H and O–H groups in total. The number of pyridine rings is 1. The highest BCUT2D eigenvalue weighted by Gasteiger charge is 2.21. The zero-order chi connectivity index (χ0) is 22.4. The van der Waals surface area contributed by atoms with E-state index in [0.29, 0.717) is 38.8 Å². The first-order valence-corrected chi connectivity index (χ1v) is 10.4. The fourth-order valence-electron chi connectivity index (χ4n) is 3.71. The summed E-state index contributed by atoms with van der Waals surface area (Å²) >= 11 is 12.6. The number of H-pyrrole nitrogens is 1. The SMILES string of the molecule is C[C@H](Nc1ncnc2nc[nH]c12)c1cc2ccc(F)c(Cl)c2c(=O)n1-c1ccccc1Cl. The molecular weight excluding hydrogens is 454 g/mol. The first kappa shape index (κ1) is 20.4. The van der Waals surface area contributed by atoms with Crippen LogP contribution < -0.4 is 10.9 Å². The average Bonchev–Trinajstić information content (AvgIpc) is 3.27. The number of anilines is 1. The number of benzene rings is 2. The number of aromatic amines is 1. The molecular formula is C22H15Cl2FN6O. The number of aromatic nitrogens is 5. The van der Waals surface area contributed by atoms with Gasteiger partial charge in [0.15, 0.2) is 11.5 Å². The Kier molecular flexibility index (Phi) is 5.03. The van der Waals surface area contributed by atoms with Crippen LogP contribution >= 0.6 is 23.2 Å². The quantitative estimate of drug-likeness (QED) is 0.374. The fraction of sp³-hybridized carbons (Fsp3) is 0.0909. The first-order valence-electron chi connectivity index (χ1n) is 9.65. The van der Waals surface area contributed by atoms with Crippen molar-refractivity contribution in [1.82, 2.24) is 24.5 Å². The standard InChI is InChI=1S/C22H15Cl2FN6O/c1-11(30-21-19-20(27-9-26-19)28-10-29-21)16-8-12-6-7-14(25)18(24)17(12)22(32)31(16)15-5-3-2-4-13(15)23/h2-11H,1H3,(H2,26,27,28,29,30)/t11-/m0/s1. The highest BCUT2D eigenvalue weighted by molar-refractivity contribution is 6.35. The van der Waals surface area contributed by atoms with Crippen LogP contribution in [-0.4, -0.2) is 24.5 Å². The summed E-state index contributed by atoms with van der Waals surface area (Å²) in [5.74, 6) is -0.140. The lowest BCUT2D eigenvalue weighted by Crippen LogP contribution is -2.26. The summed E-state index contributed by atoms with van der Waals surface area (Å²) < 4.78 is 15.6. The molecule has 5 rings (SSSR count). The molecule has 0 saturated carbocycles. The maximum atomic E-state index is 14.2. The van der Waals surface area contributed by atoms with Crippen molar-refractivity contribution in [2.24, 2.45) is 0 Å². The molecule has 0 aliphatic carbocycles. The summed E-state index contributed by atoms with van der Waals surface area (Å²) in [7, 11) is 0. The van der Waals surface area contributed by atoms with Gasteiger partial charge in [-0.3, -0.25) is 9.36 Å². The summed E-state index contributed by atoms with van der Waals surface area (Å²) in [5, 5.41) is 4.04. The van der Waals surface area contributed by atoms with E-state index in [1.165, 1.54) is 29.4 Å². The predicted octanol–water partition coefficient (Wildman–Crippen LogP) is 5.28. The molecule has 0 unspecified atom stereocenters. The van der Waals surface area contributed by atoms with Gasteiger partial charge in [0.05, 0.1) is 33.5 Å². The van der Waals surface area contributed by atoms with Crippen molar-refractivity contribution in [3.05, 3.63) is 87.0 Å². The highest BCUT2D eigenvalue weighted by Crippen LogP contribution is 2.31. The number of para-hydroxylation sites is 1. The summed E-state index contributed by atoms with van der Waals surface area (Å²) in [6.45, 7) is 1.88. The number of nitrogens with one attached hydrogen (secondary N) is 2. The van der Waals surface area contributed by atoms with Gasteiger partial charge < -0.3 is 10.3 Å². The minimum Gasteiger partial charge on any atom is -0.360 e. The second kappa shape index (κ2) is 7.89. The lowest BCUT2D eigenvalue weighted by molar-refractivity contribution is 0.629. The molecule has 0 aliphatic heterocycles. The van der Waals surface area contributed by atoms with Crippen LogP contribution in [0.3, 0.4) is 0 Å². The van der Waals surface area contributed by atoms with Gasteiger partial charge in [0.25, 0.3) is 5.56 Å². The molecule has 0 radical (unpaired) electrons. The van der Waals surface area contributed by atoms with Crippen molar-refractivity contribution in [3.8, 4) is 5.69 Å². The Hall–Kier alpha value is -3.49. The fourth-order valence-corrected chi connectivity index (χ4v) is 4.18. The highest BCUT2D eigenvalue weighted by atomic mass is 35.5. The molecule has 7 nitrogen and oxygen atoms in total. The number of hydrogen-bond donors (Lipinski definition) is 2. The molecule has 0 bridgehead atoms. The zero-order valence-corrected chi connectivity index (χ0v) is 18.1. The van der Waals surface area contributed by atoms with Crippen molar-refractivity contribution < 1.29 is 4.39 Å². The molecule has 32 heavy (non-hydrogen) atoms. The van der Waals surface area contributed by atoms with Crippen molar-refractivity contribution in [2.75, 3.05) is 5.32 Å². The Balaban J connectivity index is 1.75. The van der Waals surface area contributed by atoms with Gasteiger partial charge in [0, 0.05) is 5.69 Å². The van der Waals surface area contributed by atoms with Crippen LogP contribution in [0.2, 0.25) is 10.0 Å². The minimum atomic E-state index is -0.663. The Morgan fingerprint density at radius 1 is 1.12 bits per heavy atom. The van der Waals surface area contributed by atoms with Crippen LogP contribution in [-0.2, 0) is 0 Å². The smallest absolute Gasteiger partial charge is 0.264 e. The second-order valence-corrected chi connectivity index (χ2v) is 7.96. The number of hydrogen-bond acceptors (Lipinski definition) is 5. The molecule has 3 aromatic heterocycles. The summed E-state index contributed by atoms with van der Waals surface area (Å²) in [5.41, 5.74) is 1.72. The molecule has 10 heteroatoms. The van der Waals surface area contributed by atoms with E-state index < -0.39 is 17.4 Å². The molecule has 160 valence electrons. The van der Waals surface area contributed by atoms with Crippen LogP contribution in [0.1, 0.15) is 18.7 Å². The lowest BCUT2D eigenvalue weighted by Gasteiger charge is -2.22. The van der Waals surface area contributed by atoms with Gasteiger partial charge in [-0.1, -0.05) is 41.4 Å². The normalized spacial score (nSPS) is 12.4. The number of halogens is 3. The summed E-state index contributed by atoms with van der Waals surface area (Å²) in [6.07, 6.45) is 2.93. The molecule has 2 aromatic carbocycles. The molecule has 5 aromatic rings. The molecule has 0 saturated heterocycles. The number of rotatable bonds is 4. The minimum absolute atomic E-state index is 0.0838. The summed E-state index contributed by atoms with van der Waals surface area (Å²) in [6, 6.07) is 11.1. The van der Waals surface area contributed by atoms with Gasteiger partial charge in [-0.2, -0.15) is 0 Å². The third-order valence-electron chi connectivity index (χ3n) is 5.22. The monoisotopic (exact) mass is 468 g/mol. The van der Waals surface area contributed by atoms with E-state index in [-0.39, 0.29) is 10.4 Å². The van der Waals surface area contributed by atoms with Gasteiger partial charge in [-0.15, -0.1) is 0 Å². The molecule has 0 amide bonds. The number of fused-ring (bicyclic) bond motifs is 2. The molecule has 3 heterocycles. The lowest BCUT2D eigenvalue weighted by atomic mass is 10.1. The van der Waals surface area contributed by atoms with E-state index in [2.05, 4.69) is 25.3 Å². The van der Waals surface area contributed by atoms with E-state index in [4.69, 9.17) is 23.2 Å². The molecule has 1 atom stereocenters. The van der Waals surface area contributed by atoms with Gasteiger partial charge in [0.2, 0.25) is 0 Å². The number of nitrogens with zero attached hydrogens (tertiary/aromatic N) is 4. The van der Waals surface area contributed by atoms with Crippen LogP contribution in [0.5, 0.6) is 0 Å². The molecule has 0 spiro atoms. The zero-order valence-electron chi connectivity index (χ0n) is 16.6. The van der Waals surface area contributed by atoms with Crippen LogP contribution in [0.25, 0.3) is 27.6 Å². The van der Waals surface area contributed by atoms with Crippen LogP contribution in [0.15, 0.2) is 59.9 Å². The van der Waals surface area contributed by atoms with Gasteiger partial charge in [0.1, 0.15) is 17.7 Å². The Bertz CT molecular complexity index is 1550. The van der Waals surface area contributed by atoms with Gasteiger partial charge in [-0.05, 0) is 36.6 Å². The van der Waals surface area contributed by atoms with E-state index >= 15 is 0 Å². The summed E-state index contributed by atoms with van der Waals surface area (Å²) in [4.78, 5) is 29.1. The Morgan fingerprint density at radius 2 is 1.94 bits per heavy atom. The largest absolute Gasteiger partial charge is 0.360 e. The van der Waals surface area contributed by atoms with Crippen molar-refractivity contribution in [3.63, 3.8) is 0 Å². The van der Waals surface area contributed by atoms with Crippen LogP contribution in [0, 0.1) is 5.82 Å². The topological polar surface area (TPSA) is 88.5 Å². The van der Waals surface area contributed by atoms with Gasteiger partial charge >= 0.3 is 0 Å². The first-order chi connectivity index (χ1) is 15.5. The van der Waals surface area contributed by atoms with E-state index in [0.717, 1.165) is 0 Å². The predicted molar refractivity (Wildman–Crippen MR) is 123 cm³/mol. The van der Waals surface area contributed by atoms with E-state index in [1.54, 1.807) is 30.3 Å². The van der Waals surface area contributed by atoms with Crippen molar-refractivity contribution in [1.29, 1.82) is 0 Å². The third-order valence-corrected chi connectivity index (χ3v) is 5.91. The van der Waals surface area contributed by atoms with Gasteiger partial charge in [-0.25, -0.2) is 19.3 Å². The van der Waals surface area contributed by atoms with Crippen molar-refractivity contribution in [2.45, 2.75) is 13.0 Å².